The predicted octanol–water partition coefficient (Wildman–Crippen LogP) is 0.710. The van der Waals surface area contributed by atoms with Crippen molar-refractivity contribution in [3.8, 4) is 0 Å². The Morgan fingerprint density at radius 3 is 2.82 bits per heavy atom. The molecule has 0 saturated heterocycles. The van der Waals surface area contributed by atoms with Crippen molar-refractivity contribution in [3.05, 3.63) is 17.5 Å². The van der Waals surface area contributed by atoms with Crippen LogP contribution in [0.2, 0.25) is 0 Å². The second kappa shape index (κ2) is 6.58. The van der Waals surface area contributed by atoms with Gasteiger partial charge in [0, 0.05) is 25.3 Å². The fourth-order valence-electron chi connectivity index (χ4n) is 1.05. The van der Waals surface area contributed by atoms with Gasteiger partial charge in [0.2, 0.25) is 0 Å². The van der Waals surface area contributed by atoms with E-state index in [1.54, 1.807) is 13.2 Å². The maximum absolute atomic E-state index is 11.7. The fraction of sp³-hybridized carbons (Fsp3) is 0.600. The van der Waals surface area contributed by atoms with Crippen molar-refractivity contribution in [1.29, 1.82) is 0 Å². The third-order valence-corrected chi connectivity index (χ3v) is 2.04. The van der Waals surface area contributed by atoms with Crippen molar-refractivity contribution >= 4 is 18.3 Å². The lowest BCUT2D eigenvalue weighted by atomic mass is 10.1. The minimum Gasteiger partial charge on any atom is -0.377 e. The van der Waals surface area contributed by atoms with Gasteiger partial charge in [-0.2, -0.15) is 0 Å². The SMILES string of the molecule is COCc1cc(C(=O)NC(C)(C)CN)no1.Cl. The molecule has 1 rings (SSSR count). The number of nitrogens with two attached hydrogens (primary N) is 1. The topological polar surface area (TPSA) is 90.4 Å². The van der Waals surface area contributed by atoms with Crippen molar-refractivity contribution in [2.75, 3.05) is 13.7 Å². The summed E-state index contributed by atoms with van der Waals surface area (Å²) in [5.74, 6) is 0.208. The van der Waals surface area contributed by atoms with Crippen LogP contribution in [0.4, 0.5) is 0 Å². The lowest BCUT2D eigenvalue weighted by Gasteiger charge is -2.23. The molecule has 0 bridgehead atoms. The van der Waals surface area contributed by atoms with Gasteiger partial charge in [-0.25, -0.2) is 0 Å². The van der Waals surface area contributed by atoms with Crippen molar-refractivity contribution in [2.45, 2.75) is 26.0 Å². The van der Waals surface area contributed by atoms with E-state index in [1.807, 2.05) is 13.8 Å². The van der Waals surface area contributed by atoms with E-state index in [1.165, 1.54) is 0 Å². The summed E-state index contributed by atoms with van der Waals surface area (Å²) in [7, 11) is 1.54. The fourth-order valence-corrected chi connectivity index (χ4v) is 1.05. The second-order valence-electron chi connectivity index (χ2n) is 4.15. The molecule has 0 saturated carbocycles. The highest BCUT2D eigenvalue weighted by Crippen LogP contribution is 2.07. The van der Waals surface area contributed by atoms with Crippen molar-refractivity contribution in [1.82, 2.24) is 10.5 Å². The molecule has 1 amide bonds. The van der Waals surface area contributed by atoms with Gasteiger partial charge in [-0.15, -0.1) is 12.4 Å². The van der Waals surface area contributed by atoms with Gasteiger partial charge < -0.3 is 20.3 Å². The van der Waals surface area contributed by atoms with Crippen LogP contribution in [0.15, 0.2) is 10.6 Å². The first-order chi connectivity index (χ1) is 7.48. The smallest absolute Gasteiger partial charge is 0.273 e. The van der Waals surface area contributed by atoms with Crippen LogP contribution in [0.5, 0.6) is 0 Å². The van der Waals surface area contributed by atoms with E-state index >= 15 is 0 Å². The van der Waals surface area contributed by atoms with Crippen LogP contribution in [0.3, 0.4) is 0 Å². The lowest BCUT2D eigenvalue weighted by molar-refractivity contribution is 0.0905. The van der Waals surface area contributed by atoms with Gasteiger partial charge in [0.05, 0.1) is 0 Å². The number of aromatic nitrogens is 1. The molecule has 0 aliphatic carbocycles. The van der Waals surface area contributed by atoms with Crippen LogP contribution in [0.1, 0.15) is 30.1 Å². The molecule has 0 aliphatic rings. The summed E-state index contributed by atoms with van der Waals surface area (Å²) in [5.41, 5.74) is 5.28. The van der Waals surface area contributed by atoms with Gasteiger partial charge >= 0.3 is 0 Å². The summed E-state index contributed by atoms with van der Waals surface area (Å²) in [6, 6.07) is 1.55. The Hall–Kier alpha value is -1.11. The highest BCUT2D eigenvalue weighted by atomic mass is 35.5. The van der Waals surface area contributed by atoms with E-state index in [0.717, 1.165) is 0 Å². The summed E-state index contributed by atoms with van der Waals surface area (Å²) < 4.78 is 9.76. The van der Waals surface area contributed by atoms with Crippen LogP contribution in [0, 0.1) is 0 Å². The molecule has 0 unspecified atom stereocenters. The Morgan fingerprint density at radius 1 is 1.65 bits per heavy atom. The predicted molar refractivity (Wildman–Crippen MR) is 65.1 cm³/mol. The Labute approximate surface area is 106 Å². The van der Waals surface area contributed by atoms with Gasteiger partial charge in [0.15, 0.2) is 11.5 Å². The van der Waals surface area contributed by atoms with Crippen molar-refractivity contribution in [2.24, 2.45) is 5.73 Å². The van der Waals surface area contributed by atoms with Gasteiger partial charge in [-0.1, -0.05) is 5.16 Å². The third-order valence-electron chi connectivity index (χ3n) is 2.04. The molecule has 0 spiro atoms. The molecule has 0 radical (unpaired) electrons. The van der Waals surface area contributed by atoms with Gasteiger partial charge in [0.1, 0.15) is 6.61 Å². The Kier molecular flexibility index (Phi) is 6.15. The molecule has 98 valence electrons. The maximum atomic E-state index is 11.7. The minimum absolute atomic E-state index is 0. The largest absolute Gasteiger partial charge is 0.377 e. The molecule has 6 nitrogen and oxygen atoms in total. The number of rotatable bonds is 5. The number of carbonyl (C=O) groups is 1. The average Bonchev–Trinajstić information content (AvgIpc) is 2.66. The molecule has 1 heterocycles. The number of hydrogen-bond acceptors (Lipinski definition) is 5. The first-order valence-electron chi connectivity index (χ1n) is 4.95. The van der Waals surface area contributed by atoms with E-state index in [4.69, 9.17) is 15.0 Å². The zero-order chi connectivity index (χ0) is 12.2. The lowest BCUT2D eigenvalue weighted by Crippen LogP contribution is -2.48. The Balaban J connectivity index is 0.00000256. The normalized spacial score (nSPS) is 10.8. The summed E-state index contributed by atoms with van der Waals surface area (Å²) in [6.45, 7) is 4.31. The maximum Gasteiger partial charge on any atom is 0.273 e. The van der Waals surface area contributed by atoms with Crippen LogP contribution >= 0.6 is 12.4 Å². The summed E-state index contributed by atoms with van der Waals surface area (Å²) in [5, 5.41) is 6.40. The number of ether oxygens (including phenoxy) is 1. The number of methoxy groups -OCH3 is 1. The van der Waals surface area contributed by atoms with Gasteiger partial charge in [-0.05, 0) is 13.8 Å². The molecule has 0 aromatic carbocycles. The highest BCUT2D eigenvalue weighted by molar-refractivity contribution is 5.92. The summed E-state index contributed by atoms with van der Waals surface area (Å²) >= 11 is 0. The van der Waals surface area contributed by atoms with Gasteiger partial charge in [0.25, 0.3) is 5.91 Å². The molecule has 3 N–H and O–H groups in total. The zero-order valence-electron chi connectivity index (χ0n) is 10.1. The van der Waals surface area contributed by atoms with Gasteiger partial charge in [-0.3, -0.25) is 4.79 Å². The number of halogens is 1. The first kappa shape index (κ1) is 15.9. The second-order valence-corrected chi connectivity index (χ2v) is 4.15. The molecular weight excluding hydrogens is 246 g/mol. The van der Waals surface area contributed by atoms with Crippen molar-refractivity contribution < 1.29 is 14.1 Å². The minimum atomic E-state index is -0.461. The molecular formula is C10H18ClN3O3. The molecule has 0 aliphatic heterocycles. The standard InChI is InChI=1S/C10H17N3O3.ClH/c1-10(2,6-11)12-9(14)8-4-7(5-15-3)16-13-8;/h4H,5-6,11H2,1-3H3,(H,12,14);1H. The number of amides is 1. The van der Waals surface area contributed by atoms with Crippen molar-refractivity contribution in [3.63, 3.8) is 0 Å². The van der Waals surface area contributed by atoms with Crippen LogP contribution in [-0.4, -0.2) is 30.3 Å². The highest BCUT2D eigenvalue weighted by Gasteiger charge is 2.21. The number of nitrogens with one attached hydrogen (secondary N) is 1. The van der Waals surface area contributed by atoms with Crippen LogP contribution < -0.4 is 11.1 Å². The molecule has 0 atom stereocenters. The third kappa shape index (κ3) is 4.72. The number of nitrogens with zero attached hydrogens (tertiary/aromatic N) is 1. The number of carbonyl (C=O) groups excluding carboxylic acids is 1. The monoisotopic (exact) mass is 263 g/mol. The average molecular weight is 264 g/mol. The quantitative estimate of drug-likeness (QED) is 0.817. The van der Waals surface area contributed by atoms with E-state index in [0.29, 0.717) is 18.9 Å². The molecule has 7 heteroatoms. The Morgan fingerprint density at radius 2 is 2.29 bits per heavy atom. The van der Waals surface area contributed by atoms with E-state index < -0.39 is 5.54 Å². The first-order valence-corrected chi connectivity index (χ1v) is 4.95. The Bertz CT molecular complexity index is 365. The molecule has 17 heavy (non-hydrogen) atoms. The van der Waals surface area contributed by atoms with E-state index in [9.17, 15) is 4.79 Å². The van der Waals surface area contributed by atoms with E-state index in [-0.39, 0.29) is 24.0 Å². The van der Waals surface area contributed by atoms with E-state index in [2.05, 4.69) is 10.5 Å². The van der Waals surface area contributed by atoms with Crippen LogP contribution in [0.25, 0.3) is 0 Å². The molecule has 1 aromatic heterocycles. The summed E-state index contributed by atoms with van der Waals surface area (Å²) in [4.78, 5) is 11.7. The molecule has 1 aromatic rings. The molecule has 0 fully saturated rings. The van der Waals surface area contributed by atoms with Crippen LogP contribution in [-0.2, 0) is 11.3 Å². The summed E-state index contributed by atoms with van der Waals surface area (Å²) in [6.07, 6.45) is 0. The number of hydrogen-bond donors (Lipinski definition) is 2. The zero-order valence-corrected chi connectivity index (χ0v) is 11.0.